The van der Waals surface area contributed by atoms with Crippen LogP contribution in [-0.4, -0.2) is 11.9 Å². The first-order valence-electron chi connectivity index (χ1n) is 6.74. The third-order valence-electron chi connectivity index (χ3n) is 4.34. The molecule has 0 aliphatic heterocycles. The number of amides is 1. The molecule has 0 heterocycles. The van der Waals surface area contributed by atoms with E-state index < -0.39 is 0 Å². The Kier molecular flexibility index (Phi) is 3.42. The maximum Gasteiger partial charge on any atom is 0.224 e. The molecular weight excluding hydrogens is 290 g/mol. The molecule has 2 nitrogen and oxygen atoms in total. The van der Waals surface area contributed by atoms with Crippen LogP contribution in [0.1, 0.15) is 31.2 Å². The van der Waals surface area contributed by atoms with Gasteiger partial charge in [0, 0.05) is 10.5 Å². The van der Waals surface area contributed by atoms with Gasteiger partial charge in [-0.1, -0.05) is 34.5 Å². The largest absolute Gasteiger partial charge is 0.353 e. The second-order valence-corrected chi connectivity index (χ2v) is 6.57. The third kappa shape index (κ3) is 2.61. The van der Waals surface area contributed by atoms with Crippen molar-refractivity contribution in [3.8, 4) is 0 Å². The molecule has 96 valence electrons. The second kappa shape index (κ2) is 5.04. The Morgan fingerprint density at radius 2 is 2.22 bits per heavy atom. The molecule has 1 aromatic rings. The van der Waals surface area contributed by atoms with E-state index in [0.717, 1.165) is 21.9 Å². The molecule has 18 heavy (non-hydrogen) atoms. The molecule has 0 unspecified atom stereocenters. The Bertz CT molecular complexity index is 460. The van der Waals surface area contributed by atoms with E-state index in [9.17, 15) is 4.79 Å². The maximum absolute atomic E-state index is 12.0. The molecule has 3 heteroatoms. The van der Waals surface area contributed by atoms with Gasteiger partial charge in [-0.2, -0.15) is 0 Å². The van der Waals surface area contributed by atoms with Crippen molar-refractivity contribution in [2.75, 3.05) is 0 Å². The summed E-state index contributed by atoms with van der Waals surface area (Å²) in [5, 5.41) is 3.22. The van der Waals surface area contributed by atoms with Gasteiger partial charge in [-0.15, -0.1) is 0 Å². The van der Waals surface area contributed by atoms with Crippen molar-refractivity contribution in [3.05, 3.63) is 34.3 Å². The summed E-state index contributed by atoms with van der Waals surface area (Å²) in [5.74, 6) is 1.80. The lowest BCUT2D eigenvalue weighted by molar-refractivity contribution is -0.121. The number of benzene rings is 1. The van der Waals surface area contributed by atoms with E-state index in [4.69, 9.17) is 0 Å². The number of halogens is 1. The number of carbonyl (C=O) groups excluding carboxylic acids is 1. The molecule has 2 aliphatic carbocycles. The highest BCUT2D eigenvalue weighted by Crippen LogP contribution is 2.44. The van der Waals surface area contributed by atoms with Crippen molar-refractivity contribution in [3.63, 3.8) is 0 Å². The summed E-state index contributed by atoms with van der Waals surface area (Å²) in [6.45, 7) is 0. The van der Waals surface area contributed by atoms with Gasteiger partial charge in [0.2, 0.25) is 5.91 Å². The predicted octanol–water partition coefficient (Wildman–Crippen LogP) is 3.30. The zero-order chi connectivity index (χ0) is 12.5. The molecule has 0 saturated heterocycles. The molecule has 1 N–H and O–H groups in total. The Hall–Kier alpha value is -0.830. The van der Waals surface area contributed by atoms with Crippen molar-refractivity contribution in [1.82, 2.24) is 5.32 Å². The molecule has 0 spiro atoms. The molecule has 2 saturated carbocycles. The number of hydrogen-bond acceptors (Lipinski definition) is 1. The molecule has 0 aromatic heterocycles. The van der Waals surface area contributed by atoms with Gasteiger partial charge >= 0.3 is 0 Å². The lowest BCUT2D eigenvalue weighted by Crippen LogP contribution is -2.39. The van der Waals surface area contributed by atoms with E-state index in [0.29, 0.717) is 12.5 Å². The summed E-state index contributed by atoms with van der Waals surface area (Å²) in [4.78, 5) is 12.0. The van der Waals surface area contributed by atoms with Crippen LogP contribution in [-0.2, 0) is 11.2 Å². The predicted molar refractivity (Wildman–Crippen MR) is 75.2 cm³/mol. The van der Waals surface area contributed by atoms with Crippen LogP contribution in [0.2, 0.25) is 0 Å². The number of rotatable bonds is 3. The minimum atomic E-state index is 0.172. The molecular formula is C15H18BrNO. The van der Waals surface area contributed by atoms with E-state index in [1.807, 2.05) is 24.3 Å². The van der Waals surface area contributed by atoms with Gasteiger partial charge < -0.3 is 5.32 Å². The van der Waals surface area contributed by atoms with Gasteiger partial charge in [-0.05, 0) is 48.8 Å². The fourth-order valence-electron chi connectivity index (χ4n) is 3.51. The van der Waals surface area contributed by atoms with Crippen molar-refractivity contribution in [2.24, 2.45) is 11.8 Å². The van der Waals surface area contributed by atoms with Crippen molar-refractivity contribution in [2.45, 2.75) is 38.1 Å². The first kappa shape index (κ1) is 12.2. The molecule has 2 aliphatic rings. The smallest absolute Gasteiger partial charge is 0.224 e. The van der Waals surface area contributed by atoms with Gasteiger partial charge in [0.25, 0.3) is 0 Å². The summed E-state index contributed by atoms with van der Waals surface area (Å²) in [6, 6.07) is 8.43. The van der Waals surface area contributed by atoms with Crippen LogP contribution in [0.4, 0.5) is 0 Å². The highest BCUT2D eigenvalue weighted by atomic mass is 79.9. The molecule has 2 bridgehead atoms. The van der Waals surface area contributed by atoms with E-state index >= 15 is 0 Å². The van der Waals surface area contributed by atoms with Gasteiger partial charge in [0.1, 0.15) is 0 Å². The standard InChI is InChI=1S/C15H18BrNO/c16-13-3-1-2-10(7-13)9-15(18)17-14-8-11-4-5-12(14)6-11/h1-3,7,11-12,14H,4-6,8-9H2,(H,17,18)/t11-,12-,14-/m0/s1. The number of fused-ring (bicyclic) bond motifs is 2. The Morgan fingerprint density at radius 3 is 2.89 bits per heavy atom. The number of nitrogens with one attached hydrogen (secondary N) is 1. The SMILES string of the molecule is O=C(Cc1cccc(Br)c1)N[C@H]1C[C@H]2CC[C@H]1C2. The third-order valence-corrected chi connectivity index (χ3v) is 4.83. The Labute approximate surface area is 116 Å². The fourth-order valence-corrected chi connectivity index (χ4v) is 3.96. The zero-order valence-electron chi connectivity index (χ0n) is 10.4. The van der Waals surface area contributed by atoms with Crippen LogP contribution in [0.5, 0.6) is 0 Å². The summed E-state index contributed by atoms with van der Waals surface area (Å²) in [5.41, 5.74) is 1.07. The monoisotopic (exact) mass is 307 g/mol. The summed E-state index contributed by atoms with van der Waals surface area (Å²) in [6.07, 6.45) is 5.72. The maximum atomic E-state index is 12.0. The number of carbonyl (C=O) groups is 1. The first-order valence-corrected chi connectivity index (χ1v) is 7.54. The van der Waals surface area contributed by atoms with Gasteiger partial charge in [-0.3, -0.25) is 4.79 Å². The van der Waals surface area contributed by atoms with E-state index in [-0.39, 0.29) is 5.91 Å². The van der Waals surface area contributed by atoms with Crippen LogP contribution in [0.3, 0.4) is 0 Å². The fraction of sp³-hybridized carbons (Fsp3) is 0.533. The lowest BCUT2D eigenvalue weighted by Gasteiger charge is -2.22. The highest BCUT2D eigenvalue weighted by molar-refractivity contribution is 9.10. The van der Waals surface area contributed by atoms with Crippen LogP contribution in [0, 0.1) is 11.8 Å². The average Bonchev–Trinajstić information content (AvgIpc) is 2.90. The zero-order valence-corrected chi connectivity index (χ0v) is 11.9. The van der Waals surface area contributed by atoms with Crippen molar-refractivity contribution < 1.29 is 4.79 Å². The first-order chi connectivity index (χ1) is 8.70. The van der Waals surface area contributed by atoms with Crippen LogP contribution < -0.4 is 5.32 Å². The molecule has 1 aromatic carbocycles. The molecule has 3 rings (SSSR count). The summed E-state index contributed by atoms with van der Waals surface area (Å²) < 4.78 is 1.03. The lowest BCUT2D eigenvalue weighted by atomic mass is 9.95. The van der Waals surface area contributed by atoms with Crippen LogP contribution in [0.15, 0.2) is 28.7 Å². The second-order valence-electron chi connectivity index (χ2n) is 5.66. The Morgan fingerprint density at radius 1 is 1.33 bits per heavy atom. The van der Waals surface area contributed by atoms with Gasteiger partial charge in [0.15, 0.2) is 0 Å². The highest BCUT2D eigenvalue weighted by Gasteiger charge is 2.39. The van der Waals surface area contributed by atoms with Crippen molar-refractivity contribution >= 4 is 21.8 Å². The van der Waals surface area contributed by atoms with E-state index in [1.54, 1.807) is 0 Å². The Balaban J connectivity index is 1.56. The van der Waals surface area contributed by atoms with Crippen LogP contribution in [0.25, 0.3) is 0 Å². The minimum absolute atomic E-state index is 0.172. The van der Waals surface area contributed by atoms with Gasteiger partial charge in [-0.25, -0.2) is 0 Å². The topological polar surface area (TPSA) is 29.1 Å². The average molecular weight is 308 g/mol. The quantitative estimate of drug-likeness (QED) is 0.912. The molecule has 3 atom stereocenters. The van der Waals surface area contributed by atoms with E-state index in [1.165, 1.54) is 25.7 Å². The molecule has 0 radical (unpaired) electrons. The number of hydrogen-bond donors (Lipinski definition) is 1. The molecule has 2 fully saturated rings. The van der Waals surface area contributed by atoms with Crippen LogP contribution >= 0.6 is 15.9 Å². The van der Waals surface area contributed by atoms with E-state index in [2.05, 4.69) is 21.2 Å². The minimum Gasteiger partial charge on any atom is -0.353 e. The normalized spacial score (nSPS) is 29.5. The van der Waals surface area contributed by atoms with Crippen molar-refractivity contribution in [1.29, 1.82) is 0 Å². The molecule has 1 amide bonds. The summed E-state index contributed by atoms with van der Waals surface area (Å²) in [7, 11) is 0. The van der Waals surface area contributed by atoms with Gasteiger partial charge in [0.05, 0.1) is 6.42 Å². The summed E-state index contributed by atoms with van der Waals surface area (Å²) >= 11 is 3.44.